The number of amides is 2. The molecule has 0 aromatic heterocycles. The zero-order valence-electron chi connectivity index (χ0n) is 21.7. The molecule has 0 spiro atoms. The molecule has 1 saturated heterocycles. The van der Waals surface area contributed by atoms with Gasteiger partial charge in [0.2, 0.25) is 5.91 Å². The first kappa shape index (κ1) is 26.0. The van der Waals surface area contributed by atoms with E-state index in [2.05, 4.69) is 5.32 Å². The molecule has 8 nitrogen and oxygen atoms in total. The highest BCUT2D eigenvalue weighted by molar-refractivity contribution is 6.35. The van der Waals surface area contributed by atoms with Gasteiger partial charge in [0.25, 0.3) is 5.91 Å². The Morgan fingerprint density at radius 3 is 2.74 bits per heavy atom. The number of nitrogens with two attached hydrogens (primary N) is 1. The molecular weight excluding hydrogens is 504 g/mol. The second-order valence-electron chi connectivity index (χ2n) is 10.0. The molecule has 0 saturated carbocycles. The Hall–Kier alpha value is -3.62. The fraction of sp³-hybridized carbons (Fsp3) is 0.345. The molecule has 198 valence electrons. The summed E-state index contributed by atoms with van der Waals surface area (Å²) in [5, 5.41) is 4.93. The number of carbonyl (C=O) groups excluding carboxylic acids is 2. The first-order valence-electron chi connectivity index (χ1n) is 12.7. The van der Waals surface area contributed by atoms with Gasteiger partial charge >= 0.3 is 0 Å². The molecule has 3 N–H and O–H groups in total. The van der Waals surface area contributed by atoms with E-state index in [1.54, 1.807) is 23.1 Å². The largest absolute Gasteiger partial charge is 0.496 e. The van der Waals surface area contributed by atoms with E-state index in [9.17, 15) is 9.59 Å². The summed E-state index contributed by atoms with van der Waals surface area (Å²) in [5.74, 6) is 0.169. The lowest BCUT2D eigenvalue weighted by Crippen LogP contribution is -2.56. The first-order chi connectivity index (χ1) is 18.2. The average Bonchev–Trinajstić information content (AvgIpc) is 2.88. The number of carbonyl (C=O) groups is 2. The molecule has 0 aliphatic carbocycles. The summed E-state index contributed by atoms with van der Waals surface area (Å²) in [4.78, 5) is 33.2. The van der Waals surface area contributed by atoms with Crippen LogP contribution >= 0.6 is 11.6 Å². The Kier molecular flexibility index (Phi) is 7.03. The molecule has 1 fully saturated rings. The summed E-state index contributed by atoms with van der Waals surface area (Å²) in [6, 6.07) is 16.6. The van der Waals surface area contributed by atoms with Gasteiger partial charge in [-0.25, -0.2) is 4.99 Å². The van der Waals surface area contributed by atoms with Gasteiger partial charge in [0.1, 0.15) is 5.75 Å². The van der Waals surface area contributed by atoms with E-state index < -0.39 is 5.54 Å². The van der Waals surface area contributed by atoms with Gasteiger partial charge in [0, 0.05) is 18.2 Å². The van der Waals surface area contributed by atoms with Crippen LogP contribution in [0.5, 0.6) is 5.75 Å². The van der Waals surface area contributed by atoms with Gasteiger partial charge in [0.05, 0.1) is 41.4 Å². The van der Waals surface area contributed by atoms with E-state index in [1.165, 1.54) is 7.11 Å². The number of hydrogen-bond donors (Lipinski definition) is 2. The fourth-order valence-corrected chi connectivity index (χ4v) is 5.87. The van der Waals surface area contributed by atoms with Crippen LogP contribution < -0.4 is 15.8 Å². The Morgan fingerprint density at radius 1 is 1.21 bits per heavy atom. The van der Waals surface area contributed by atoms with Crippen LogP contribution in [0, 0.1) is 0 Å². The first-order valence-corrected chi connectivity index (χ1v) is 13.0. The zero-order valence-corrected chi connectivity index (χ0v) is 22.4. The summed E-state index contributed by atoms with van der Waals surface area (Å²) in [6.45, 7) is 4.41. The number of guanidine groups is 1. The summed E-state index contributed by atoms with van der Waals surface area (Å²) in [5.41, 5.74) is 6.82. The third kappa shape index (κ3) is 4.70. The van der Waals surface area contributed by atoms with Crippen LogP contribution in [0.2, 0.25) is 5.02 Å². The third-order valence-corrected chi connectivity index (χ3v) is 7.77. The number of nitrogens with zero attached hydrogens (tertiary/aromatic N) is 2. The number of anilines is 1. The molecule has 3 aromatic carbocycles. The monoisotopic (exact) mass is 534 g/mol. The molecule has 3 atom stereocenters. The topological polar surface area (TPSA) is 106 Å². The zero-order chi connectivity index (χ0) is 27.0. The van der Waals surface area contributed by atoms with Crippen LogP contribution in [-0.4, -0.2) is 48.5 Å². The predicted octanol–water partition coefficient (Wildman–Crippen LogP) is 5.08. The molecule has 38 heavy (non-hydrogen) atoms. The van der Waals surface area contributed by atoms with Crippen molar-refractivity contribution in [2.45, 2.75) is 50.8 Å². The molecule has 2 heterocycles. The highest BCUT2D eigenvalue weighted by Gasteiger charge is 2.42. The van der Waals surface area contributed by atoms with Gasteiger partial charge in [-0.2, -0.15) is 0 Å². The second kappa shape index (κ2) is 10.3. The van der Waals surface area contributed by atoms with Gasteiger partial charge in [-0.15, -0.1) is 0 Å². The maximum Gasteiger partial charge on any atom is 0.260 e. The SMILES string of the molecule is COc1ccc2ccccc2c1C(=O)Nc1cccc([C@]2(C)CC(=O)N([C@@H]3CCO[C@H](C)C3)C(N)=N2)c1Cl. The van der Waals surface area contributed by atoms with Gasteiger partial charge in [-0.1, -0.05) is 54.1 Å². The van der Waals surface area contributed by atoms with Crippen LogP contribution in [0.15, 0.2) is 59.6 Å². The van der Waals surface area contributed by atoms with Crippen molar-refractivity contribution in [3.8, 4) is 5.75 Å². The number of hydrogen-bond acceptors (Lipinski definition) is 6. The molecule has 0 bridgehead atoms. The van der Waals surface area contributed by atoms with Crippen molar-refractivity contribution in [1.29, 1.82) is 0 Å². The highest BCUT2D eigenvalue weighted by atomic mass is 35.5. The van der Waals surface area contributed by atoms with Gasteiger partial charge in [0.15, 0.2) is 5.96 Å². The Balaban J connectivity index is 1.46. The quantitative estimate of drug-likeness (QED) is 0.474. The predicted molar refractivity (Wildman–Crippen MR) is 149 cm³/mol. The fourth-order valence-electron chi connectivity index (χ4n) is 5.49. The third-order valence-electron chi connectivity index (χ3n) is 7.36. The smallest absolute Gasteiger partial charge is 0.260 e. The Labute approximate surface area is 226 Å². The number of rotatable bonds is 5. The van der Waals surface area contributed by atoms with Crippen molar-refractivity contribution in [3.05, 3.63) is 70.7 Å². The normalized spacial score (nSPS) is 23.7. The van der Waals surface area contributed by atoms with Crippen molar-refractivity contribution in [2.75, 3.05) is 19.0 Å². The van der Waals surface area contributed by atoms with Gasteiger partial charge < -0.3 is 20.5 Å². The number of fused-ring (bicyclic) bond motifs is 1. The van der Waals surface area contributed by atoms with Crippen LogP contribution in [0.1, 0.15) is 49.0 Å². The second-order valence-corrected chi connectivity index (χ2v) is 10.4. The molecule has 0 radical (unpaired) electrons. The number of benzene rings is 3. The van der Waals surface area contributed by atoms with E-state index in [4.69, 9.17) is 31.8 Å². The molecule has 2 amide bonds. The lowest BCUT2D eigenvalue weighted by molar-refractivity contribution is -0.133. The minimum absolute atomic E-state index is 0.0451. The summed E-state index contributed by atoms with van der Waals surface area (Å²) >= 11 is 6.86. The van der Waals surface area contributed by atoms with Crippen molar-refractivity contribution in [1.82, 2.24) is 4.90 Å². The minimum Gasteiger partial charge on any atom is -0.496 e. The lowest BCUT2D eigenvalue weighted by atomic mass is 9.86. The maximum absolute atomic E-state index is 13.5. The molecule has 3 aromatic rings. The van der Waals surface area contributed by atoms with E-state index >= 15 is 0 Å². The number of ether oxygens (including phenoxy) is 2. The molecule has 2 aliphatic rings. The van der Waals surface area contributed by atoms with Gasteiger partial charge in [-0.3, -0.25) is 14.5 Å². The van der Waals surface area contributed by atoms with Crippen molar-refractivity contribution >= 4 is 45.8 Å². The number of aliphatic imine (C=N–C) groups is 1. The molecular formula is C29H31ClN4O4. The standard InChI is InChI=1S/C29H31ClN4O4/c1-17-15-19(13-14-38-17)34-24(35)16-29(2,33-28(34)31)21-9-6-10-22(26(21)30)32-27(36)25-20-8-5-4-7-18(20)11-12-23(25)37-3/h4-12,17,19H,13-16H2,1-3H3,(H2,31,33)(H,32,36)/t17-,19-,29+/m1/s1. The van der Waals surface area contributed by atoms with Crippen molar-refractivity contribution < 1.29 is 19.1 Å². The van der Waals surface area contributed by atoms with Crippen LogP contribution in [-0.2, 0) is 15.1 Å². The maximum atomic E-state index is 13.5. The molecule has 0 unspecified atom stereocenters. The lowest BCUT2D eigenvalue weighted by Gasteiger charge is -2.41. The minimum atomic E-state index is -0.983. The molecule has 2 aliphatic heterocycles. The Bertz CT molecular complexity index is 1440. The van der Waals surface area contributed by atoms with E-state index in [-0.39, 0.29) is 36.3 Å². The van der Waals surface area contributed by atoms with Crippen molar-refractivity contribution in [2.24, 2.45) is 10.7 Å². The van der Waals surface area contributed by atoms with Crippen LogP contribution in [0.3, 0.4) is 0 Å². The summed E-state index contributed by atoms with van der Waals surface area (Å²) in [6.07, 6.45) is 1.58. The highest BCUT2D eigenvalue weighted by Crippen LogP contribution is 2.41. The molecule has 5 rings (SSSR count). The number of nitrogens with one attached hydrogen (secondary N) is 1. The van der Waals surface area contributed by atoms with Crippen LogP contribution in [0.25, 0.3) is 10.8 Å². The van der Waals surface area contributed by atoms with Crippen molar-refractivity contribution in [3.63, 3.8) is 0 Å². The summed E-state index contributed by atoms with van der Waals surface area (Å²) < 4.78 is 11.1. The number of halogens is 1. The average molecular weight is 535 g/mol. The van der Waals surface area contributed by atoms with E-state index in [0.29, 0.717) is 47.0 Å². The van der Waals surface area contributed by atoms with E-state index in [1.807, 2.05) is 50.2 Å². The van der Waals surface area contributed by atoms with Gasteiger partial charge in [-0.05, 0) is 49.6 Å². The molecule has 9 heteroatoms. The van der Waals surface area contributed by atoms with E-state index in [0.717, 1.165) is 10.8 Å². The van der Waals surface area contributed by atoms with Crippen LogP contribution in [0.4, 0.5) is 5.69 Å². The Morgan fingerprint density at radius 2 is 2.00 bits per heavy atom. The summed E-state index contributed by atoms with van der Waals surface area (Å²) in [7, 11) is 1.53. The number of methoxy groups -OCH3 is 1.